The van der Waals surface area contributed by atoms with Crippen molar-refractivity contribution in [2.75, 3.05) is 33.4 Å². The molecule has 0 saturated carbocycles. The molecule has 146 valence electrons. The van der Waals surface area contributed by atoms with Crippen LogP contribution in [0.3, 0.4) is 0 Å². The Morgan fingerprint density at radius 2 is 2.22 bits per heavy atom. The van der Waals surface area contributed by atoms with Crippen molar-refractivity contribution in [3.05, 3.63) is 33.4 Å². The molecule has 0 aromatic carbocycles. The van der Waals surface area contributed by atoms with E-state index in [0.717, 1.165) is 0 Å². The number of esters is 2. The summed E-state index contributed by atoms with van der Waals surface area (Å²) in [5.74, 6) is -0.969. The van der Waals surface area contributed by atoms with Crippen LogP contribution >= 0.6 is 0 Å². The van der Waals surface area contributed by atoms with Gasteiger partial charge in [-0.25, -0.2) is 19.1 Å². The molecule has 0 amide bonds. The van der Waals surface area contributed by atoms with Crippen molar-refractivity contribution in [3.63, 3.8) is 0 Å². The Hall–Kier alpha value is -2.72. The molecule has 1 atom stereocenters. The van der Waals surface area contributed by atoms with Gasteiger partial charge in [-0.05, 0) is 13.8 Å². The highest BCUT2D eigenvalue weighted by Gasteiger charge is 2.28. The van der Waals surface area contributed by atoms with Crippen LogP contribution in [0.4, 0.5) is 0 Å². The molecule has 0 radical (unpaired) electrons. The normalized spacial score (nSPS) is 17.8. The summed E-state index contributed by atoms with van der Waals surface area (Å²) in [5.41, 5.74) is 1.14. The van der Waals surface area contributed by atoms with Crippen LogP contribution in [-0.4, -0.2) is 71.0 Å². The maximum Gasteiger partial charge on any atom is 0.343 e. The van der Waals surface area contributed by atoms with E-state index in [2.05, 4.69) is 10.1 Å². The standard InChI is InChI=1S/C17H22N4O6/c1-4-26-17(24)14-10(2)19-21-13(22)7-11(18-15(14)21)8-20-5-6-27-12(9-20)16(23)25-3/h7,12,19H,4-6,8-9H2,1-3H3. The quantitative estimate of drug-likeness (QED) is 0.716. The second-order valence-electron chi connectivity index (χ2n) is 6.19. The number of rotatable bonds is 5. The van der Waals surface area contributed by atoms with Crippen molar-refractivity contribution >= 4 is 17.6 Å². The van der Waals surface area contributed by atoms with Crippen molar-refractivity contribution in [1.29, 1.82) is 0 Å². The van der Waals surface area contributed by atoms with E-state index in [1.54, 1.807) is 13.8 Å². The fraction of sp³-hybridized carbons (Fsp3) is 0.529. The van der Waals surface area contributed by atoms with E-state index in [1.807, 2.05) is 4.90 Å². The highest BCUT2D eigenvalue weighted by atomic mass is 16.6. The third-order valence-corrected chi connectivity index (χ3v) is 4.33. The molecule has 1 unspecified atom stereocenters. The third-order valence-electron chi connectivity index (χ3n) is 4.33. The van der Waals surface area contributed by atoms with Crippen molar-refractivity contribution in [1.82, 2.24) is 19.5 Å². The molecular weight excluding hydrogens is 356 g/mol. The number of nitrogens with zero attached hydrogens (tertiary/aromatic N) is 3. The maximum absolute atomic E-state index is 12.4. The summed E-state index contributed by atoms with van der Waals surface area (Å²) in [7, 11) is 1.31. The van der Waals surface area contributed by atoms with Crippen molar-refractivity contribution < 1.29 is 23.8 Å². The molecule has 0 aliphatic carbocycles. The summed E-state index contributed by atoms with van der Waals surface area (Å²) in [4.78, 5) is 42.8. The van der Waals surface area contributed by atoms with E-state index in [4.69, 9.17) is 14.2 Å². The highest BCUT2D eigenvalue weighted by Crippen LogP contribution is 2.15. The van der Waals surface area contributed by atoms with Gasteiger partial charge in [0.2, 0.25) is 0 Å². The number of carbonyl (C=O) groups is 2. The fourth-order valence-corrected chi connectivity index (χ4v) is 3.07. The summed E-state index contributed by atoms with van der Waals surface area (Å²) >= 11 is 0. The van der Waals surface area contributed by atoms with Gasteiger partial charge in [-0.3, -0.25) is 14.8 Å². The number of aryl methyl sites for hydroxylation is 1. The second-order valence-corrected chi connectivity index (χ2v) is 6.19. The molecule has 1 N–H and O–H groups in total. The van der Waals surface area contributed by atoms with Crippen LogP contribution in [0.25, 0.3) is 5.65 Å². The summed E-state index contributed by atoms with van der Waals surface area (Å²) < 4.78 is 16.4. The van der Waals surface area contributed by atoms with Crippen molar-refractivity contribution in [2.24, 2.45) is 0 Å². The van der Waals surface area contributed by atoms with Crippen molar-refractivity contribution in [3.8, 4) is 0 Å². The van der Waals surface area contributed by atoms with Crippen LogP contribution in [0.1, 0.15) is 28.7 Å². The van der Waals surface area contributed by atoms with Crippen LogP contribution < -0.4 is 5.56 Å². The molecule has 1 fully saturated rings. The van der Waals surface area contributed by atoms with Crippen molar-refractivity contribution in [2.45, 2.75) is 26.5 Å². The first kappa shape index (κ1) is 19.1. The van der Waals surface area contributed by atoms with Gasteiger partial charge in [-0.15, -0.1) is 0 Å². The summed E-state index contributed by atoms with van der Waals surface area (Å²) in [5, 5.41) is 2.84. The minimum atomic E-state index is -0.668. The number of aromatic amines is 1. The van der Waals surface area contributed by atoms with Gasteiger partial charge >= 0.3 is 11.9 Å². The van der Waals surface area contributed by atoms with Gasteiger partial charge in [-0.2, -0.15) is 0 Å². The number of fused-ring (bicyclic) bond motifs is 1. The van der Waals surface area contributed by atoms with E-state index in [0.29, 0.717) is 37.6 Å². The van der Waals surface area contributed by atoms with Crippen LogP contribution in [0.5, 0.6) is 0 Å². The number of ether oxygens (including phenoxy) is 3. The molecule has 0 spiro atoms. The molecular formula is C17H22N4O6. The predicted octanol–water partition coefficient (Wildman–Crippen LogP) is -0.118. The van der Waals surface area contributed by atoms with Gasteiger partial charge in [0.1, 0.15) is 5.56 Å². The number of carbonyl (C=O) groups excluding carboxylic acids is 2. The SMILES string of the molecule is CCOC(=O)c1c(C)[nH]n2c(=O)cc(CN3CCOC(C(=O)OC)C3)nc12. The van der Waals surface area contributed by atoms with E-state index in [-0.39, 0.29) is 23.4 Å². The number of hydrogen-bond donors (Lipinski definition) is 1. The average Bonchev–Trinajstić information content (AvgIpc) is 2.98. The second kappa shape index (κ2) is 7.89. The first-order valence-corrected chi connectivity index (χ1v) is 8.64. The molecule has 3 heterocycles. The average molecular weight is 378 g/mol. The Kier molecular flexibility index (Phi) is 5.57. The number of aromatic nitrogens is 3. The molecule has 10 nitrogen and oxygen atoms in total. The van der Waals surface area contributed by atoms with Gasteiger partial charge in [0.05, 0.1) is 26.0 Å². The monoisotopic (exact) mass is 378 g/mol. The Morgan fingerprint density at radius 1 is 1.44 bits per heavy atom. The minimum absolute atomic E-state index is 0.224. The molecule has 27 heavy (non-hydrogen) atoms. The van der Waals surface area contributed by atoms with Crippen LogP contribution in [0, 0.1) is 6.92 Å². The van der Waals surface area contributed by atoms with Gasteiger partial charge in [0.15, 0.2) is 11.8 Å². The maximum atomic E-state index is 12.4. The molecule has 1 aliphatic heterocycles. The Bertz CT molecular complexity index is 918. The number of morpholine rings is 1. The van der Waals surface area contributed by atoms with E-state index in [9.17, 15) is 14.4 Å². The summed E-state index contributed by atoms with van der Waals surface area (Å²) in [6.07, 6.45) is -0.668. The number of methoxy groups -OCH3 is 1. The molecule has 1 saturated heterocycles. The topological polar surface area (TPSA) is 115 Å². The summed E-state index contributed by atoms with van der Waals surface area (Å²) in [6, 6.07) is 1.40. The van der Waals surface area contributed by atoms with Crippen LogP contribution in [0.2, 0.25) is 0 Å². The molecule has 2 aromatic rings. The van der Waals surface area contributed by atoms with E-state index >= 15 is 0 Å². The Morgan fingerprint density at radius 3 is 2.93 bits per heavy atom. The lowest BCUT2D eigenvalue weighted by atomic mass is 10.2. The Balaban J connectivity index is 1.89. The molecule has 1 aliphatic rings. The first-order valence-electron chi connectivity index (χ1n) is 8.64. The van der Waals surface area contributed by atoms with Gasteiger partial charge in [-0.1, -0.05) is 0 Å². The van der Waals surface area contributed by atoms with E-state index in [1.165, 1.54) is 17.7 Å². The fourth-order valence-electron chi connectivity index (χ4n) is 3.07. The smallest absolute Gasteiger partial charge is 0.343 e. The first-order chi connectivity index (χ1) is 12.9. The predicted molar refractivity (Wildman–Crippen MR) is 93.5 cm³/mol. The molecule has 2 aromatic heterocycles. The van der Waals surface area contributed by atoms with Crippen LogP contribution in [0.15, 0.2) is 10.9 Å². The Labute approximate surface area is 155 Å². The lowest BCUT2D eigenvalue weighted by Crippen LogP contribution is -2.46. The highest BCUT2D eigenvalue weighted by molar-refractivity contribution is 5.97. The third kappa shape index (κ3) is 3.86. The zero-order chi connectivity index (χ0) is 19.6. The zero-order valence-electron chi connectivity index (χ0n) is 15.5. The number of hydrogen-bond acceptors (Lipinski definition) is 8. The lowest BCUT2D eigenvalue weighted by Gasteiger charge is -2.31. The largest absolute Gasteiger partial charge is 0.467 e. The van der Waals surface area contributed by atoms with E-state index < -0.39 is 18.0 Å². The van der Waals surface area contributed by atoms with Gasteiger partial charge < -0.3 is 14.2 Å². The number of nitrogens with one attached hydrogen (secondary N) is 1. The lowest BCUT2D eigenvalue weighted by molar-refractivity contribution is -0.160. The number of H-pyrrole nitrogens is 1. The van der Waals surface area contributed by atoms with Gasteiger partial charge in [0, 0.05) is 31.4 Å². The van der Waals surface area contributed by atoms with Gasteiger partial charge in [0.25, 0.3) is 5.56 Å². The molecule has 0 bridgehead atoms. The van der Waals surface area contributed by atoms with Crippen LogP contribution in [-0.2, 0) is 25.5 Å². The molecule has 3 rings (SSSR count). The minimum Gasteiger partial charge on any atom is -0.467 e. The zero-order valence-corrected chi connectivity index (χ0v) is 15.5. The summed E-state index contributed by atoms with van der Waals surface area (Å²) in [6.45, 7) is 5.26. The molecule has 10 heteroatoms.